The SMILES string of the molecule is O=C(NC1CCN(c2ccc(Cl)nn2)CC1)[C@@H]1CC(=O)N(C2CC2)C1. The van der Waals surface area contributed by atoms with Crippen LogP contribution in [0, 0.1) is 5.92 Å². The Bertz CT molecular complexity index is 656. The van der Waals surface area contributed by atoms with E-state index in [2.05, 4.69) is 20.4 Å². The van der Waals surface area contributed by atoms with Crippen molar-refractivity contribution in [2.75, 3.05) is 24.5 Å². The average molecular weight is 364 g/mol. The third-order valence-corrected chi connectivity index (χ3v) is 5.50. The number of halogens is 1. The van der Waals surface area contributed by atoms with Crippen LogP contribution in [0.25, 0.3) is 0 Å². The molecule has 0 unspecified atom stereocenters. The molecule has 0 aromatic carbocycles. The van der Waals surface area contributed by atoms with Crippen LogP contribution in [-0.4, -0.2) is 58.6 Å². The molecule has 2 aliphatic heterocycles. The van der Waals surface area contributed by atoms with Gasteiger partial charge < -0.3 is 15.1 Å². The lowest BCUT2D eigenvalue weighted by Crippen LogP contribution is -2.47. The number of rotatable bonds is 4. The zero-order valence-electron chi connectivity index (χ0n) is 14.0. The van der Waals surface area contributed by atoms with Crippen LogP contribution in [0.15, 0.2) is 12.1 Å². The minimum Gasteiger partial charge on any atom is -0.355 e. The first kappa shape index (κ1) is 16.6. The van der Waals surface area contributed by atoms with Gasteiger partial charge in [-0.1, -0.05) is 11.6 Å². The van der Waals surface area contributed by atoms with Gasteiger partial charge in [-0.25, -0.2) is 0 Å². The molecular formula is C17H22ClN5O2. The number of aromatic nitrogens is 2. The molecule has 2 saturated heterocycles. The Labute approximate surface area is 151 Å². The first-order valence-electron chi connectivity index (χ1n) is 8.94. The summed E-state index contributed by atoms with van der Waals surface area (Å²) >= 11 is 5.77. The highest BCUT2D eigenvalue weighted by atomic mass is 35.5. The summed E-state index contributed by atoms with van der Waals surface area (Å²) < 4.78 is 0. The van der Waals surface area contributed by atoms with E-state index in [1.807, 2.05) is 11.0 Å². The molecule has 25 heavy (non-hydrogen) atoms. The Kier molecular flexibility index (Phi) is 4.50. The first-order chi connectivity index (χ1) is 12.1. The summed E-state index contributed by atoms with van der Waals surface area (Å²) in [6.07, 6.45) is 4.27. The van der Waals surface area contributed by atoms with E-state index in [1.54, 1.807) is 6.07 Å². The van der Waals surface area contributed by atoms with Crippen LogP contribution in [0.5, 0.6) is 0 Å². The van der Waals surface area contributed by atoms with Crippen molar-refractivity contribution in [2.45, 2.75) is 44.2 Å². The van der Waals surface area contributed by atoms with Crippen LogP contribution in [0.2, 0.25) is 5.15 Å². The molecule has 4 rings (SSSR count). The molecular weight excluding hydrogens is 342 g/mol. The maximum Gasteiger partial charge on any atom is 0.225 e. The minimum absolute atomic E-state index is 0.0289. The molecule has 3 aliphatic rings. The summed E-state index contributed by atoms with van der Waals surface area (Å²) in [5, 5.41) is 11.5. The number of nitrogens with zero attached hydrogens (tertiary/aromatic N) is 4. The second-order valence-corrected chi connectivity index (χ2v) is 7.55. The molecule has 3 heterocycles. The molecule has 1 atom stereocenters. The van der Waals surface area contributed by atoms with Crippen molar-refractivity contribution >= 4 is 29.2 Å². The van der Waals surface area contributed by atoms with Crippen molar-refractivity contribution in [3.05, 3.63) is 17.3 Å². The Balaban J connectivity index is 1.26. The molecule has 0 bridgehead atoms. The quantitative estimate of drug-likeness (QED) is 0.870. The van der Waals surface area contributed by atoms with Crippen molar-refractivity contribution in [3.63, 3.8) is 0 Å². The maximum absolute atomic E-state index is 12.5. The summed E-state index contributed by atoms with van der Waals surface area (Å²) in [5.74, 6) is 0.795. The van der Waals surface area contributed by atoms with E-state index in [9.17, 15) is 9.59 Å². The minimum atomic E-state index is -0.187. The number of piperidine rings is 1. The predicted molar refractivity (Wildman–Crippen MR) is 93.3 cm³/mol. The molecule has 8 heteroatoms. The van der Waals surface area contributed by atoms with Crippen LogP contribution >= 0.6 is 11.6 Å². The summed E-state index contributed by atoms with van der Waals surface area (Å²) in [7, 11) is 0. The molecule has 134 valence electrons. The molecule has 1 aromatic heterocycles. The van der Waals surface area contributed by atoms with Gasteiger partial charge in [-0.3, -0.25) is 9.59 Å². The number of carbonyl (C=O) groups excluding carboxylic acids is 2. The fourth-order valence-corrected chi connectivity index (χ4v) is 3.80. The van der Waals surface area contributed by atoms with Gasteiger partial charge in [0.25, 0.3) is 0 Å². The molecule has 7 nitrogen and oxygen atoms in total. The van der Waals surface area contributed by atoms with Crippen LogP contribution < -0.4 is 10.2 Å². The van der Waals surface area contributed by atoms with Crippen molar-refractivity contribution in [3.8, 4) is 0 Å². The molecule has 0 spiro atoms. The maximum atomic E-state index is 12.5. The zero-order valence-corrected chi connectivity index (χ0v) is 14.8. The molecule has 1 aliphatic carbocycles. The normalized spacial score (nSPS) is 24.7. The molecule has 1 saturated carbocycles. The lowest BCUT2D eigenvalue weighted by molar-refractivity contribution is -0.129. The van der Waals surface area contributed by atoms with Gasteiger partial charge in [-0.15, -0.1) is 10.2 Å². The topological polar surface area (TPSA) is 78.4 Å². The van der Waals surface area contributed by atoms with E-state index < -0.39 is 0 Å². The van der Waals surface area contributed by atoms with Gasteiger partial charge in [-0.2, -0.15) is 0 Å². The Hall–Kier alpha value is -1.89. The molecule has 3 fully saturated rings. The average Bonchev–Trinajstić information content (AvgIpc) is 3.38. The highest BCUT2D eigenvalue weighted by Gasteiger charge is 2.42. The molecule has 2 amide bonds. The van der Waals surface area contributed by atoms with E-state index in [0.717, 1.165) is 44.6 Å². The van der Waals surface area contributed by atoms with E-state index >= 15 is 0 Å². The number of amides is 2. The van der Waals surface area contributed by atoms with E-state index in [4.69, 9.17) is 11.6 Å². The smallest absolute Gasteiger partial charge is 0.225 e. The monoisotopic (exact) mass is 363 g/mol. The number of nitrogens with one attached hydrogen (secondary N) is 1. The van der Waals surface area contributed by atoms with Gasteiger partial charge in [0.2, 0.25) is 11.8 Å². The summed E-state index contributed by atoms with van der Waals surface area (Å²) in [6, 6.07) is 4.16. The predicted octanol–water partition coefficient (Wildman–Crippen LogP) is 1.23. The third kappa shape index (κ3) is 3.71. The van der Waals surface area contributed by atoms with E-state index in [1.165, 1.54) is 0 Å². The largest absolute Gasteiger partial charge is 0.355 e. The van der Waals surface area contributed by atoms with Crippen molar-refractivity contribution < 1.29 is 9.59 Å². The molecule has 1 aromatic rings. The third-order valence-electron chi connectivity index (χ3n) is 5.30. The van der Waals surface area contributed by atoms with Gasteiger partial charge in [-0.05, 0) is 37.8 Å². The Morgan fingerprint density at radius 3 is 2.56 bits per heavy atom. The van der Waals surface area contributed by atoms with Crippen LogP contribution in [0.1, 0.15) is 32.1 Å². The first-order valence-corrected chi connectivity index (χ1v) is 9.32. The summed E-state index contributed by atoms with van der Waals surface area (Å²) in [6.45, 7) is 2.23. The Morgan fingerprint density at radius 2 is 1.92 bits per heavy atom. The van der Waals surface area contributed by atoms with Crippen molar-refractivity contribution in [1.29, 1.82) is 0 Å². The lowest BCUT2D eigenvalue weighted by atomic mass is 10.0. The van der Waals surface area contributed by atoms with Gasteiger partial charge in [0.1, 0.15) is 0 Å². The fourth-order valence-electron chi connectivity index (χ4n) is 3.70. The van der Waals surface area contributed by atoms with Crippen LogP contribution in [0.4, 0.5) is 5.82 Å². The van der Waals surface area contributed by atoms with Crippen molar-refractivity contribution in [2.24, 2.45) is 5.92 Å². The highest BCUT2D eigenvalue weighted by Crippen LogP contribution is 2.32. The van der Waals surface area contributed by atoms with Crippen LogP contribution in [0.3, 0.4) is 0 Å². The van der Waals surface area contributed by atoms with Crippen LogP contribution in [-0.2, 0) is 9.59 Å². The summed E-state index contributed by atoms with van der Waals surface area (Å²) in [5.41, 5.74) is 0. The number of hydrogen-bond donors (Lipinski definition) is 1. The van der Waals surface area contributed by atoms with Gasteiger partial charge in [0.05, 0.1) is 5.92 Å². The number of hydrogen-bond acceptors (Lipinski definition) is 5. The molecule has 0 radical (unpaired) electrons. The fraction of sp³-hybridized carbons (Fsp3) is 0.647. The van der Waals surface area contributed by atoms with E-state index in [-0.39, 0.29) is 23.8 Å². The molecule has 1 N–H and O–H groups in total. The summed E-state index contributed by atoms with van der Waals surface area (Å²) in [4.78, 5) is 28.5. The second kappa shape index (κ2) is 6.78. The van der Waals surface area contributed by atoms with Gasteiger partial charge >= 0.3 is 0 Å². The zero-order chi connectivity index (χ0) is 17.4. The van der Waals surface area contributed by atoms with Gasteiger partial charge in [0.15, 0.2) is 11.0 Å². The number of anilines is 1. The number of likely N-dealkylation sites (tertiary alicyclic amines) is 1. The van der Waals surface area contributed by atoms with Crippen molar-refractivity contribution in [1.82, 2.24) is 20.4 Å². The Morgan fingerprint density at radius 1 is 1.16 bits per heavy atom. The standard InChI is InChI=1S/C17H22ClN5O2/c18-14-3-4-15(21-20-14)22-7-5-12(6-8-22)19-17(25)11-9-16(24)23(10-11)13-1-2-13/h3-4,11-13H,1-2,5-10H2,(H,19,25)/t11-/m1/s1. The van der Waals surface area contributed by atoms with E-state index in [0.29, 0.717) is 24.2 Å². The van der Waals surface area contributed by atoms with Gasteiger partial charge in [0, 0.05) is 38.1 Å². The second-order valence-electron chi connectivity index (χ2n) is 7.16. The highest BCUT2D eigenvalue weighted by molar-refractivity contribution is 6.29. The number of carbonyl (C=O) groups is 2. The lowest BCUT2D eigenvalue weighted by Gasteiger charge is -2.33.